The molecule has 0 aromatic heterocycles. The number of rotatable bonds is 10. The van der Waals surface area contributed by atoms with Crippen LogP contribution in [0.3, 0.4) is 0 Å². The standard InChI is InChI=1S/C25H35N3O5S/c1-24-12-13-25(34-24)19(18(24)21(30)26-2)23(32)28(14-6-4-5-7-15-29)20(25)22(31)27-16-8-10-17(33-3)11-9-16/h8-11,18-20,29H,4-7,12-15H2,1-3H3,(H,26,30)(H,27,31)/t18-,19+,20?,24+,25?/m1/s1. The van der Waals surface area contributed by atoms with Gasteiger partial charge in [-0.2, -0.15) is 0 Å². The van der Waals surface area contributed by atoms with Crippen molar-refractivity contribution in [1.29, 1.82) is 0 Å². The first-order valence-electron chi connectivity index (χ1n) is 12.1. The molecule has 0 radical (unpaired) electrons. The summed E-state index contributed by atoms with van der Waals surface area (Å²) in [5.41, 5.74) is 0.646. The van der Waals surface area contributed by atoms with Crippen LogP contribution in [-0.2, 0) is 14.4 Å². The van der Waals surface area contributed by atoms with Gasteiger partial charge in [-0.05, 0) is 56.9 Å². The minimum Gasteiger partial charge on any atom is -0.497 e. The summed E-state index contributed by atoms with van der Waals surface area (Å²) in [7, 11) is 3.20. The van der Waals surface area contributed by atoms with E-state index in [9.17, 15) is 14.4 Å². The summed E-state index contributed by atoms with van der Waals surface area (Å²) >= 11 is 1.67. The molecule has 2 bridgehead atoms. The lowest BCUT2D eigenvalue weighted by Gasteiger charge is -2.34. The molecular weight excluding hydrogens is 454 g/mol. The molecule has 1 aromatic carbocycles. The van der Waals surface area contributed by atoms with Crippen molar-refractivity contribution in [1.82, 2.24) is 10.2 Å². The van der Waals surface area contributed by atoms with E-state index in [0.717, 1.165) is 38.5 Å². The van der Waals surface area contributed by atoms with Crippen LogP contribution in [0.2, 0.25) is 0 Å². The fourth-order valence-electron chi connectivity index (χ4n) is 6.16. The Morgan fingerprint density at radius 3 is 2.50 bits per heavy atom. The highest BCUT2D eigenvalue weighted by Crippen LogP contribution is 2.71. The van der Waals surface area contributed by atoms with E-state index in [-0.39, 0.29) is 29.1 Å². The van der Waals surface area contributed by atoms with Gasteiger partial charge in [0.25, 0.3) is 0 Å². The lowest BCUT2D eigenvalue weighted by Crippen LogP contribution is -2.52. The molecule has 34 heavy (non-hydrogen) atoms. The van der Waals surface area contributed by atoms with Crippen LogP contribution in [0, 0.1) is 11.8 Å². The quantitative estimate of drug-likeness (QED) is 0.436. The fourth-order valence-corrected chi connectivity index (χ4v) is 8.51. The zero-order valence-corrected chi connectivity index (χ0v) is 21.0. The Bertz CT molecular complexity index is 941. The van der Waals surface area contributed by atoms with E-state index < -0.39 is 22.6 Å². The molecule has 0 aliphatic carbocycles. The first kappa shape index (κ1) is 24.9. The molecule has 9 heteroatoms. The highest BCUT2D eigenvalue weighted by molar-refractivity contribution is 8.02. The Balaban J connectivity index is 1.63. The number of methoxy groups -OCH3 is 1. The number of carbonyl (C=O) groups excluding carboxylic acids is 3. The zero-order valence-electron chi connectivity index (χ0n) is 20.1. The number of unbranched alkanes of at least 4 members (excludes halogenated alkanes) is 3. The second kappa shape index (κ2) is 9.77. The summed E-state index contributed by atoms with van der Waals surface area (Å²) in [6, 6.07) is 6.51. The third kappa shape index (κ3) is 4.06. The molecule has 3 aliphatic heterocycles. The van der Waals surface area contributed by atoms with Crippen LogP contribution in [0.4, 0.5) is 5.69 Å². The van der Waals surface area contributed by atoms with Gasteiger partial charge in [-0.3, -0.25) is 14.4 Å². The van der Waals surface area contributed by atoms with Gasteiger partial charge in [-0.1, -0.05) is 12.8 Å². The molecule has 4 rings (SSSR count). The van der Waals surface area contributed by atoms with Gasteiger partial charge in [0.1, 0.15) is 11.8 Å². The molecule has 3 aliphatic rings. The number of likely N-dealkylation sites (tertiary alicyclic amines) is 1. The number of hydrogen-bond acceptors (Lipinski definition) is 6. The van der Waals surface area contributed by atoms with Gasteiger partial charge >= 0.3 is 0 Å². The number of anilines is 1. The van der Waals surface area contributed by atoms with Gasteiger partial charge < -0.3 is 25.4 Å². The van der Waals surface area contributed by atoms with Crippen molar-refractivity contribution < 1.29 is 24.2 Å². The first-order chi connectivity index (χ1) is 16.3. The number of hydrogen-bond donors (Lipinski definition) is 3. The minimum absolute atomic E-state index is 0.0819. The van der Waals surface area contributed by atoms with Gasteiger partial charge in [0.2, 0.25) is 17.7 Å². The predicted octanol–water partition coefficient (Wildman–Crippen LogP) is 2.41. The zero-order chi connectivity index (χ0) is 24.5. The van der Waals surface area contributed by atoms with Crippen molar-refractivity contribution >= 4 is 35.2 Å². The molecule has 0 saturated carbocycles. The van der Waals surface area contributed by atoms with Crippen LogP contribution in [0.1, 0.15) is 45.4 Å². The molecule has 1 aromatic rings. The van der Waals surface area contributed by atoms with Crippen molar-refractivity contribution in [2.45, 2.75) is 61.0 Å². The van der Waals surface area contributed by atoms with Crippen molar-refractivity contribution in [3.05, 3.63) is 24.3 Å². The van der Waals surface area contributed by atoms with Gasteiger partial charge in [0, 0.05) is 30.6 Å². The van der Waals surface area contributed by atoms with E-state index in [0.29, 0.717) is 18.0 Å². The monoisotopic (exact) mass is 489 g/mol. The van der Waals surface area contributed by atoms with Gasteiger partial charge in [-0.15, -0.1) is 11.8 Å². The van der Waals surface area contributed by atoms with E-state index >= 15 is 0 Å². The number of aliphatic hydroxyl groups is 1. The Morgan fingerprint density at radius 1 is 1.15 bits per heavy atom. The maximum atomic E-state index is 13.8. The molecular formula is C25H35N3O5S. The number of nitrogens with zero attached hydrogens (tertiary/aromatic N) is 1. The molecule has 3 amide bonds. The van der Waals surface area contributed by atoms with Crippen LogP contribution in [0.15, 0.2) is 24.3 Å². The second-order valence-corrected chi connectivity index (χ2v) is 11.6. The third-order valence-electron chi connectivity index (χ3n) is 7.72. The van der Waals surface area contributed by atoms with Gasteiger partial charge in [0.05, 0.1) is 23.7 Å². The van der Waals surface area contributed by atoms with Crippen LogP contribution < -0.4 is 15.4 Å². The number of nitrogens with one attached hydrogen (secondary N) is 2. The normalized spacial score (nSPS) is 31.5. The minimum atomic E-state index is -0.633. The maximum absolute atomic E-state index is 13.8. The largest absolute Gasteiger partial charge is 0.497 e. The first-order valence-corrected chi connectivity index (χ1v) is 12.9. The van der Waals surface area contributed by atoms with Crippen molar-refractivity contribution in [2.24, 2.45) is 11.8 Å². The topological polar surface area (TPSA) is 108 Å². The number of carbonyl (C=O) groups is 3. The number of ether oxygens (including phenoxy) is 1. The van der Waals surface area contributed by atoms with Crippen LogP contribution in [-0.4, -0.2) is 70.6 Å². The van der Waals surface area contributed by atoms with E-state index in [1.165, 1.54) is 0 Å². The Labute approximate surface area is 205 Å². The molecule has 3 fully saturated rings. The number of aliphatic hydroxyl groups excluding tert-OH is 1. The number of amides is 3. The lowest BCUT2D eigenvalue weighted by molar-refractivity contribution is -0.140. The summed E-state index contributed by atoms with van der Waals surface area (Å²) in [6.07, 6.45) is 4.78. The summed E-state index contributed by atoms with van der Waals surface area (Å²) in [4.78, 5) is 42.2. The predicted molar refractivity (Wildman–Crippen MR) is 132 cm³/mol. The number of benzene rings is 1. The summed E-state index contributed by atoms with van der Waals surface area (Å²) in [5, 5.41) is 14.8. The molecule has 186 valence electrons. The van der Waals surface area contributed by atoms with Crippen LogP contribution >= 0.6 is 11.8 Å². The average Bonchev–Trinajstić information content (AvgIpc) is 3.39. The Hall–Kier alpha value is -2.26. The van der Waals surface area contributed by atoms with E-state index in [1.54, 1.807) is 55.1 Å². The van der Waals surface area contributed by atoms with Gasteiger partial charge in [0.15, 0.2) is 0 Å². The van der Waals surface area contributed by atoms with E-state index in [4.69, 9.17) is 9.84 Å². The Morgan fingerprint density at radius 2 is 1.85 bits per heavy atom. The highest BCUT2D eigenvalue weighted by Gasteiger charge is 2.76. The number of thioether (sulfide) groups is 1. The van der Waals surface area contributed by atoms with Crippen LogP contribution in [0.25, 0.3) is 0 Å². The molecule has 3 heterocycles. The third-order valence-corrected chi connectivity index (χ3v) is 9.70. The summed E-state index contributed by atoms with van der Waals surface area (Å²) in [5.74, 6) is -0.649. The molecule has 1 spiro atoms. The summed E-state index contributed by atoms with van der Waals surface area (Å²) in [6.45, 7) is 2.69. The molecule has 2 unspecified atom stereocenters. The molecule has 8 nitrogen and oxygen atoms in total. The van der Waals surface area contributed by atoms with Crippen molar-refractivity contribution in [2.75, 3.05) is 32.6 Å². The van der Waals surface area contributed by atoms with Crippen molar-refractivity contribution in [3.8, 4) is 5.75 Å². The van der Waals surface area contributed by atoms with E-state index in [2.05, 4.69) is 17.6 Å². The SMILES string of the molecule is CNC(=O)[C@H]1[C@H]2C(=O)N(CCCCCCO)C(C(=O)Nc3ccc(OC)cc3)C23CC[C@]1(C)S3. The maximum Gasteiger partial charge on any atom is 0.248 e. The molecule has 3 saturated heterocycles. The average molecular weight is 490 g/mol. The Kier molecular flexibility index (Phi) is 7.14. The lowest BCUT2D eigenvalue weighted by atomic mass is 9.66. The smallest absolute Gasteiger partial charge is 0.248 e. The van der Waals surface area contributed by atoms with Crippen molar-refractivity contribution in [3.63, 3.8) is 0 Å². The molecule has 5 atom stereocenters. The fraction of sp³-hybridized carbons (Fsp3) is 0.640. The molecule has 3 N–H and O–H groups in total. The second-order valence-electron chi connectivity index (χ2n) is 9.73. The number of fused-ring (bicyclic) bond motifs is 1. The summed E-state index contributed by atoms with van der Waals surface area (Å²) < 4.78 is 4.25. The van der Waals surface area contributed by atoms with Crippen LogP contribution in [0.5, 0.6) is 5.75 Å². The van der Waals surface area contributed by atoms with Gasteiger partial charge in [-0.25, -0.2) is 0 Å². The highest BCUT2D eigenvalue weighted by atomic mass is 32.2. The van der Waals surface area contributed by atoms with E-state index in [1.807, 2.05) is 0 Å².